The highest BCUT2D eigenvalue weighted by Crippen LogP contribution is 2.35. The van der Waals surface area contributed by atoms with E-state index in [-0.39, 0.29) is 11.9 Å². The van der Waals surface area contributed by atoms with Crippen LogP contribution < -0.4 is 9.80 Å². The predicted octanol–water partition coefficient (Wildman–Crippen LogP) is 4.11. The third kappa shape index (κ3) is 3.80. The van der Waals surface area contributed by atoms with Crippen molar-refractivity contribution in [2.75, 3.05) is 42.6 Å². The third-order valence-corrected chi connectivity index (χ3v) is 6.46. The van der Waals surface area contributed by atoms with Crippen molar-refractivity contribution in [1.82, 2.24) is 19.6 Å². The van der Waals surface area contributed by atoms with Gasteiger partial charge in [0.2, 0.25) is 0 Å². The van der Waals surface area contributed by atoms with Crippen LogP contribution in [0.3, 0.4) is 0 Å². The van der Waals surface area contributed by atoms with E-state index >= 15 is 0 Å². The molecule has 3 aromatic heterocycles. The van der Waals surface area contributed by atoms with Gasteiger partial charge in [-0.3, -0.25) is 0 Å². The fraction of sp³-hybridized carbons (Fsp3) is 0.320. The summed E-state index contributed by atoms with van der Waals surface area (Å²) in [5.41, 5.74) is 3.44. The quantitative estimate of drug-likeness (QED) is 0.472. The minimum absolute atomic E-state index is 0.111. The number of halogens is 1. The molecule has 6 rings (SSSR count). The van der Waals surface area contributed by atoms with Gasteiger partial charge in [0.25, 0.3) is 0 Å². The number of rotatable bonds is 4. The Morgan fingerprint density at radius 2 is 1.82 bits per heavy atom. The molecule has 8 heteroatoms. The van der Waals surface area contributed by atoms with Crippen LogP contribution in [0.1, 0.15) is 24.4 Å². The lowest BCUT2D eigenvalue weighted by Crippen LogP contribution is -2.36. The first-order valence-electron chi connectivity index (χ1n) is 11.4. The topological polar surface area (TPSA) is 58.8 Å². The average molecular weight is 445 g/mol. The second-order valence-electron chi connectivity index (χ2n) is 8.49. The van der Waals surface area contributed by atoms with Gasteiger partial charge in [-0.15, -0.1) is 5.10 Å². The second kappa shape index (κ2) is 8.44. The van der Waals surface area contributed by atoms with Crippen molar-refractivity contribution in [2.45, 2.75) is 18.9 Å². The van der Waals surface area contributed by atoms with Gasteiger partial charge in [0, 0.05) is 19.6 Å². The van der Waals surface area contributed by atoms with Gasteiger partial charge in [-0.05, 0) is 54.8 Å². The maximum Gasteiger partial charge on any atom is 0.154 e. The molecule has 2 saturated heterocycles. The van der Waals surface area contributed by atoms with Crippen LogP contribution in [0, 0.1) is 5.82 Å². The fourth-order valence-corrected chi connectivity index (χ4v) is 4.83. The number of morpholine rings is 1. The molecule has 0 spiro atoms. The maximum absolute atomic E-state index is 13.9. The summed E-state index contributed by atoms with van der Waals surface area (Å²) in [4.78, 5) is 14.0. The van der Waals surface area contributed by atoms with Crippen LogP contribution in [-0.2, 0) is 4.74 Å². The molecule has 2 fully saturated rings. The van der Waals surface area contributed by atoms with Crippen LogP contribution in [0.2, 0.25) is 0 Å². The molecule has 0 aliphatic carbocycles. The maximum atomic E-state index is 13.9. The van der Waals surface area contributed by atoms with Crippen molar-refractivity contribution in [2.24, 2.45) is 0 Å². The van der Waals surface area contributed by atoms with Gasteiger partial charge < -0.3 is 14.5 Å². The summed E-state index contributed by atoms with van der Waals surface area (Å²) in [6.07, 6.45) is 3.84. The molecule has 33 heavy (non-hydrogen) atoms. The zero-order valence-electron chi connectivity index (χ0n) is 18.3. The number of pyridine rings is 1. The van der Waals surface area contributed by atoms with E-state index in [2.05, 4.69) is 14.8 Å². The number of hydrogen-bond donors (Lipinski definition) is 0. The number of ether oxygens (including phenoxy) is 1. The normalized spacial score (nSPS) is 18.9. The van der Waals surface area contributed by atoms with Crippen molar-refractivity contribution in [3.8, 4) is 11.4 Å². The number of imidazole rings is 1. The highest BCUT2D eigenvalue weighted by atomic mass is 19.1. The lowest BCUT2D eigenvalue weighted by atomic mass is 10.0. The molecule has 5 heterocycles. The van der Waals surface area contributed by atoms with Crippen LogP contribution in [-0.4, -0.2) is 52.4 Å². The SMILES string of the molecule is Fc1cccc(C2CCCN2c2ccc3ncc(-c4cccc(N5CCOCC5)n4)n3n2)c1. The van der Waals surface area contributed by atoms with Gasteiger partial charge in [-0.1, -0.05) is 18.2 Å². The smallest absolute Gasteiger partial charge is 0.154 e. The highest BCUT2D eigenvalue weighted by molar-refractivity contribution is 5.62. The highest BCUT2D eigenvalue weighted by Gasteiger charge is 2.28. The van der Waals surface area contributed by atoms with E-state index in [4.69, 9.17) is 14.8 Å². The average Bonchev–Trinajstić information content (AvgIpc) is 3.52. The molecule has 1 atom stereocenters. The lowest BCUT2D eigenvalue weighted by Gasteiger charge is -2.28. The van der Waals surface area contributed by atoms with Crippen LogP contribution >= 0.6 is 0 Å². The summed E-state index contributed by atoms with van der Waals surface area (Å²) in [5, 5.41) is 4.95. The summed E-state index contributed by atoms with van der Waals surface area (Å²) >= 11 is 0. The molecule has 0 radical (unpaired) electrons. The van der Waals surface area contributed by atoms with E-state index in [1.54, 1.807) is 12.1 Å². The molecule has 7 nitrogen and oxygen atoms in total. The number of anilines is 2. The first-order valence-corrected chi connectivity index (χ1v) is 11.4. The Bertz CT molecular complexity index is 1280. The van der Waals surface area contributed by atoms with Crippen molar-refractivity contribution >= 4 is 17.3 Å². The van der Waals surface area contributed by atoms with E-state index in [1.807, 2.05) is 47.1 Å². The van der Waals surface area contributed by atoms with Crippen LogP contribution in [0.15, 0.2) is 60.8 Å². The van der Waals surface area contributed by atoms with Gasteiger partial charge in [0.15, 0.2) is 5.65 Å². The largest absolute Gasteiger partial charge is 0.378 e. The molecular weight excluding hydrogens is 419 g/mol. The fourth-order valence-electron chi connectivity index (χ4n) is 4.83. The molecule has 168 valence electrons. The van der Waals surface area contributed by atoms with Gasteiger partial charge >= 0.3 is 0 Å². The van der Waals surface area contributed by atoms with E-state index in [1.165, 1.54) is 6.07 Å². The van der Waals surface area contributed by atoms with Crippen LogP contribution in [0.25, 0.3) is 17.0 Å². The van der Waals surface area contributed by atoms with Crippen molar-refractivity contribution < 1.29 is 9.13 Å². The molecule has 2 aliphatic rings. The Hall–Kier alpha value is -3.52. The summed E-state index contributed by atoms with van der Waals surface area (Å²) in [6.45, 7) is 3.99. The third-order valence-electron chi connectivity index (χ3n) is 6.46. The van der Waals surface area contributed by atoms with Gasteiger partial charge in [-0.2, -0.15) is 0 Å². The number of nitrogens with zero attached hydrogens (tertiary/aromatic N) is 6. The number of hydrogen-bond acceptors (Lipinski definition) is 6. The first kappa shape index (κ1) is 20.1. The molecule has 0 amide bonds. The molecule has 0 bridgehead atoms. The summed E-state index contributed by atoms with van der Waals surface area (Å²) in [5.74, 6) is 1.59. The van der Waals surface area contributed by atoms with Crippen molar-refractivity contribution in [1.29, 1.82) is 0 Å². The predicted molar refractivity (Wildman–Crippen MR) is 125 cm³/mol. The molecule has 1 aromatic carbocycles. The monoisotopic (exact) mass is 444 g/mol. The Balaban J connectivity index is 1.36. The van der Waals surface area contributed by atoms with Crippen molar-refractivity contribution in [3.05, 3.63) is 72.2 Å². The van der Waals surface area contributed by atoms with E-state index < -0.39 is 0 Å². The van der Waals surface area contributed by atoms with Crippen molar-refractivity contribution in [3.63, 3.8) is 0 Å². The number of benzene rings is 1. The Morgan fingerprint density at radius 3 is 2.70 bits per heavy atom. The van der Waals surface area contributed by atoms with E-state index in [9.17, 15) is 4.39 Å². The summed E-state index contributed by atoms with van der Waals surface area (Å²) < 4.78 is 21.2. The molecular formula is C25H25FN6O. The van der Waals surface area contributed by atoms with E-state index in [0.717, 1.165) is 79.9 Å². The molecule has 0 N–H and O–H groups in total. The Kier molecular flexibility index (Phi) is 5.14. The Labute approximate surface area is 191 Å². The first-order chi connectivity index (χ1) is 16.3. The lowest BCUT2D eigenvalue weighted by molar-refractivity contribution is 0.122. The van der Waals surface area contributed by atoms with Gasteiger partial charge in [0.05, 0.1) is 31.1 Å². The number of fused-ring (bicyclic) bond motifs is 1. The molecule has 4 aromatic rings. The summed E-state index contributed by atoms with van der Waals surface area (Å²) in [6, 6.07) is 17.0. The zero-order valence-corrected chi connectivity index (χ0v) is 18.3. The minimum atomic E-state index is -0.203. The van der Waals surface area contributed by atoms with Gasteiger partial charge in [0.1, 0.15) is 23.1 Å². The standard InChI is InChI=1S/C25H25FN6O/c26-19-5-1-4-18(16-19)21-7-3-11-31(21)25-10-9-23-27-17-22(32(23)29-25)20-6-2-8-24(28-20)30-12-14-33-15-13-30/h1-2,4-6,8-10,16-17,21H,3,7,11-15H2. The van der Waals surface area contributed by atoms with E-state index in [0.29, 0.717) is 0 Å². The summed E-state index contributed by atoms with van der Waals surface area (Å²) in [7, 11) is 0. The minimum Gasteiger partial charge on any atom is -0.378 e. The zero-order chi connectivity index (χ0) is 22.2. The van der Waals surface area contributed by atoms with Crippen LogP contribution in [0.5, 0.6) is 0 Å². The number of aromatic nitrogens is 4. The van der Waals surface area contributed by atoms with Gasteiger partial charge in [-0.25, -0.2) is 18.9 Å². The van der Waals surface area contributed by atoms with Crippen LogP contribution in [0.4, 0.5) is 16.0 Å². The molecule has 0 saturated carbocycles. The molecule has 1 unspecified atom stereocenters. The molecule has 2 aliphatic heterocycles. The second-order valence-corrected chi connectivity index (χ2v) is 8.49. The Morgan fingerprint density at radius 1 is 0.939 bits per heavy atom.